The number of rotatable bonds is 5. The van der Waals surface area contributed by atoms with Gasteiger partial charge in [0, 0.05) is 24.2 Å². The molecule has 5 rings (SSSR count). The Bertz CT molecular complexity index is 1190. The molecular formula is C26H23FN2O3. The summed E-state index contributed by atoms with van der Waals surface area (Å²) in [6, 6.07) is 19.5. The summed E-state index contributed by atoms with van der Waals surface area (Å²) in [5, 5.41) is 5.73. The van der Waals surface area contributed by atoms with Gasteiger partial charge in [-0.05, 0) is 65.9 Å². The van der Waals surface area contributed by atoms with Crippen LogP contribution in [0.5, 0.6) is 5.75 Å². The third-order valence-electron chi connectivity index (χ3n) is 6.00. The minimum Gasteiger partial charge on any atom is -0.484 e. The zero-order chi connectivity index (χ0) is 22.2. The number of benzene rings is 3. The van der Waals surface area contributed by atoms with Crippen molar-refractivity contribution in [2.24, 2.45) is 0 Å². The fourth-order valence-electron chi connectivity index (χ4n) is 4.13. The molecule has 0 radical (unpaired) electrons. The first kappa shape index (κ1) is 20.2. The van der Waals surface area contributed by atoms with Crippen molar-refractivity contribution in [2.45, 2.75) is 30.9 Å². The van der Waals surface area contributed by atoms with Gasteiger partial charge in [-0.2, -0.15) is 0 Å². The Balaban J connectivity index is 1.49. The van der Waals surface area contributed by atoms with Gasteiger partial charge in [-0.1, -0.05) is 30.3 Å². The van der Waals surface area contributed by atoms with Gasteiger partial charge in [0.2, 0.25) is 5.91 Å². The van der Waals surface area contributed by atoms with Gasteiger partial charge in [0.15, 0.2) is 0 Å². The Labute approximate surface area is 185 Å². The van der Waals surface area contributed by atoms with Gasteiger partial charge >= 0.3 is 0 Å². The SMILES string of the molecule is CNC(=O)C1c2cc(-c3cccc(C(=O)NC4CC4)c3)ccc2OC1c1ccc(F)cc1. The van der Waals surface area contributed by atoms with E-state index in [0.717, 1.165) is 35.1 Å². The molecule has 1 aliphatic heterocycles. The first-order valence-corrected chi connectivity index (χ1v) is 10.7. The average Bonchev–Trinajstić information content (AvgIpc) is 3.55. The predicted molar refractivity (Wildman–Crippen MR) is 119 cm³/mol. The van der Waals surface area contributed by atoms with Crippen LogP contribution in [0.4, 0.5) is 4.39 Å². The molecule has 3 aromatic carbocycles. The lowest BCUT2D eigenvalue weighted by Gasteiger charge is -2.18. The Morgan fingerprint density at radius 1 is 0.969 bits per heavy atom. The molecule has 2 aliphatic rings. The van der Waals surface area contributed by atoms with Crippen LogP contribution in [-0.2, 0) is 4.79 Å². The summed E-state index contributed by atoms with van der Waals surface area (Å²) in [7, 11) is 1.59. The lowest BCUT2D eigenvalue weighted by molar-refractivity contribution is -0.123. The quantitative estimate of drug-likeness (QED) is 0.633. The third kappa shape index (κ3) is 3.84. The standard InChI is InChI=1S/C26H23FN2O3/c1-28-26(31)23-21-14-17(16-3-2-4-18(13-16)25(30)29-20-10-11-20)7-12-22(21)32-24(23)15-5-8-19(27)9-6-15/h2-9,12-14,20,23-24H,10-11H2,1H3,(H,28,31)(H,29,30). The Morgan fingerprint density at radius 2 is 1.72 bits per heavy atom. The number of fused-ring (bicyclic) bond motifs is 1. The molecule has 2 atom stereocenters. The maximum absolute atomic E-state index is 13.4. The van der Waals surface area contributed by atoms with Crippen molar-refractivity contribution in [2.75, 3.05) is 7.05 Å². The van der Waals surface area contributed by atoms with Crippen molar-refractivity contribution in [3.05, 3.63) is 89.2 Å². The molecule has 3 aromatic rings. The van der Waals surface area contributed by atoms with E-state index in [-0.39, 0.29) is 17.6 Å². The smallest absolute Gasteiger partial charge is 0.251 e. The van der Waals surface area contributed by atoms with Crippen molar-refractivity contribution < 1.29 is 18.7 Å². The first-order chi connectivity index (χ1) is 15.5. The number of amides is 2. The molecule has 32 heavy (non-hydrogen) atoms. The van der Waals surface area contributed by atoms with Crippen molar-refractivity contribution in [1.82, 2.24) is 10.6 Å². The number of carbonyl (C=O) groups is 2. The molecule has 5 nitrogen and oxygen atoms in total. The number of nitrogens with one attached hydrogen (secondary N) is 2. The Kier molecular flexibility index (Phi) is 5.13. The zero-order valence-electron chi connectivity index (χ0n) is 17.6. The van der Waals surface area contributed by atoms with Gasteiger partial charge in [-0.15, -0.1) is 0 Å². The van der Waals surface area contributed by atoms with Crippen molar-refractivity contribution in [3.8, 4) is 16.9 Å². The molecule has 0 saturated heterocycles. The minimum atomic E-state index is -0.568. The van der Waals surface area contributed by atoms with E-state index in [1.165, 1.54) is 12.1 Å². The molecule has 1 saturated carbocycles. The molecule has 162 valence electrons. The Hall–Kier alpha value is -3.67. The topological polar surface area (TPSA) is 67.4 Å². The number of ether oxygens (including phenoxy) is 1. The Morgan fingerprint density at radius 3 is 2.44 bits per heavy atom. The van der Waals surface area contributed by atoms with Crippen LogP contribution in [0.1, 0.15) is 46.3 Å². The molecule has 0 aromatic heterocycles. The molecular weight excluding hydrogens is 407 g/mol. The van der Waals surface area contributed by atoms with Gasteiger partial charge in [0.05, 0.1) is 0 Å². The molecule has 2 N–H and O–H groups in total. The van der Waals surface area contributed by atoms with Gasteiger partial charge in [-0.3, -0.25) is 9.59 Å². The highest BCUT2D eigenvalue weighted by molar-refractivity contribution is 5.96. The number of halogens is 1. The molecule has 2 unspecified atom stereocenters. The maximum atomic E-state index is 13.4. The molecule has 2 amide bonds. The fraction of sp³-hybridized carbons (Fsp3) is 0.231. The summed E-state index contributed by atoms with van der Waals surface area (Å²) < 4.78 is 19.5. The molecule has 1 fully saturated rings. The van der Waals surface area contributed by atoms with Crippen LogP contribution >= 0.6 is 0 Å². The van der Waals surface area contributed by atoms with Crippen LogP contribution < -0.4 is 15.4 Å². The largest absolute Gasteiger partial charge is 0.484 e. The van der Waals surface area contributed by atoms with E-state index in [1.54, 1.807) is 25.2 Å². The third-order valence-corrected chi connectivity index (χ3v) is 6.00. The van der Waals surface area contributed by atoms with E-state index in [2.05, 4.69) is 10.6 Å². The predicted octanol–water partition coefficient (Wildman–Crippen LogP) is 4.35. The molecule has 0 spiro atoms. The second-order valence-corrected chi connectivity index (χ2v) is 8.26. The summed E-state index contributed by atoms with van der Waals surface area (Å²) in [5.74, 6) is -0.527. The highest BCUT2D eigenvalue weighted by Gasteiger charge is 2.40. The maximum Gasteiger partial charge on any atom is 0.251 e. The highest BCUT2D eigenvalue weighted by atomic mass is 19.1. The zero-order valence-corrected chi connectivity index (χ0v) is 17.6. The molecule has 1 aliphatic carbocycles. The van der Waals surface area contributed by atoms with Gasteiger partial charge in [-0.25, -0.2) is 4.39 Å². The van der Waals surface area contributed by atoms with Gasteiger partial charge < -0.3 is 15.4 Å². The van der Waals surface area contributed by atoms with Crippen LogP contribution in [-0.4, -0.2) is 24.9 Å². The van der Waals surface area contributed by atoms with Gasteiger partial charge in [0.1, 0.15) is 23.6 Å². The van der Waals surface area contributed by atoms with Crippen molar-refractivity contribution in [3.63, 3.8) is 0 Å². The molecule has 0 bridgehead atoms. The minimum absolute atomic E-state index is 0.0709. The van der Waals surface area contributed by atoms with E-state index in [1.807, 2.05) is 36.4 Å². The summed E-state index contributed by atoms with van der Waals surface area (Å²) in [6.45, 7) is 0. The van der Waals surface area contributed by atoms with Crippen LogP contribution in [0.25, 0.3) is 11.1 Å². The van der Waals surface area contributed by atoms with Crippen LogP contribution in [0.2, 0.25) is 0 Å². The second kappa shape index (κ2) is 8.11. The number of likely N-dealkylation sites (N-methyl/N-ethyl adjacent to an activating group) is 1. The lowest BCUT2D eigenvalue weighted by Crippen LogP contribution is -2.28. The second-order valence-electron chi connectivity index (χ2n) is 8.26. The van der Waals surface area contributed by atoms with Crippen LogP contribution in [0.15, 0.2) is 66.7 Å². The summed E-state index contributed by atoms with van der Waals surface area (Å²) >= 11 is 0. The number of carbonyl (C=O) groups excluding carboxylic acids is 2. The number of hydrogen-bond donors (Lipinski definition) is 2. The van der Waals surface area contributed by atoms with Crippen LogP contribution in [0.3, 0.4) is 0 Å². The van der Waals surface area contributed by atoms with Crippen molar-refractivity contribution >= 4 is 11.8 Å². The molecule has 6 heteroatoms. The van der Waals surface area contributed by atoms with E-state index in [9.17, 15) is 14.0 Å². The van der Waals surface area contributed by atoms with Crippen molar-refractivity contribution in [1.29, 1.82) is 0 Å². The highest BCUT2D eigenvalue weighted by Crippen LogP contribution is 2.47. The summed E-state index contributed by atoms with van der Waals surface area (Å²) in [6.07, 6.45) is 1.52. The average molecular weight is 430 g/mol. The van der Waals surface area contributed by atoms with E-state index in [4.69, 9.17) is 4.74 Å². The van der Waals surface area contributed by atoms with E-state index in [0.29, 0.717) is 17.4 Å². The molecule has 1 heterocycles. The fourth-order valence-corrected chi connectivity index (χ4v) is 4.13. The number of hydrogen-bond acceptors (Lipinski definition) is 3. The monoisotopic (exact) mass is 430 g/mol. The van der Waals surface area contributed by atoms with E-state index >= 15 is 0 Å². The lowest BCUT2D eigenvalue weighted by atomic mass is 9.88. The summed E-state index contributed by atoms with van der Waals surface area (Å²) in [4.78, 5) is 25.3. The first-order valence-electron chi connectivity index (χ1n) is 10.7. The van der Waals surface area contributed by atoms with E-state index < -0.39 is 12.0 Å². The summed E-state index contributed by atoms with van der Waals surface area (Å²) in [5.41, 5.74) is 3.89. The van der Waals surface area contributed by atoms with Crippen LogP contribution in [0, 0.1) is 5.82 Å². The van der Waals surface area contributed by atoms with Gasteiger partial charge in [0.25, 0.3) is 5.91 Å². The normalized spacial score (nSPS) is 19.1.